The van der Waals surface area contributed by atoms with Crippen molar-refractivity contribution in [3.63, 3.8) is 0 Å². The molecule has 0 unspecified atom stereocenters. The van der Waals surface area contributed by atoms with Crippen LogP contribution in [0.25, 0.3) is 0 Å². The zero-order valence-corrected chi connectivity index (χ0v) is 5.59. The third-order valence-corrected chi connectivity index (χ3v) is 1.39. The number of nitrogens with one attached hydrogen (secondary N) is 1. The van der Waals surface area contributed by atoms with Crippen molar-refractivity contribution in [1.82, 2.24) is 5.32 Å². The normalized spacial score (nSPS) is 10.9. The Kier molecular flexibility index (Phi) is 2.67. The highest BCUT2D eigenvalue weighted by molar-refractivity contribution is 6.63. The predicted molar refractivity (Wildman–Crippen MR) is 30.1 cm³/mol. The molecule has 48 valence electrons. The highest BCUT2D eigenvalue weighted by atomic mass is 28.4. The summed E-state index contributed by atoms with van der Waals surface area (Å²) in [5.74, 6) is 0. The fourth-order valence-electron chi connectivity index (χ4n) is 0.235. The smallest absolute Gasteiger partial charge is 0.349 e. The van der Waals surface area contributed by atoms with Crippen molar-refractivity contribution < 1.29 is 14.4 Å². The lowest BCUT2D eigenvalue weighted by molar-refractivity contribution is -0.109. The Morgan fingerprint density at radius 3 is 2.38 bits per heavy atom. The zero-order valence-electron chi connectivity index (χ0n) is 4.59. The minimum Gasteiger partial charge on any atom is -0.410 e. The van der Waals surface area contributed by atoms with Gasteiger partial charge < -0.3 is 14.9 Å². The second-order valence-corrected chi connectivity index (χ2v) is 4.50. The van der Waals surface area contributed by atoms with Crippen molar-refractivity contribution in [2.75, 3.05) is 6.17 Å². The molecule has 4 nitrogen and oxygen atoms in total. The van der Waals surface area contributed by atoms with Crippen LogP contribution in [0.3, 0.4) is 0 Å². The molecule has 0 fully saturated rings. The van der Waals surface area contributed by atoms with Gasteiger partial charge in [0.15, 0.2) is 0 Å². The van der Waals surface area contributed by atoms with Crippen LogP contribution in [-0.2, 0) is 4.79 Å². The van der Waals surface area contributed by atoms with Crippen LogP contribution in [-0.4, -0.2) is 30.7 Å². The molecule has 0 aromatic rings. The summed E-state index contributed by atoms with van der Waals surface area (Å²) >= 11 is 0. The Morgan fingerprint density at radius 2 is 2.25 bits per heavy atom. The fourth-order valence-corrected chi connectivity index (χ4v) is 0.705. The largest absolute Gasteiger partial charge is 0.410 e. The van der Waals surface area contributed by atoms with E-state index in [4.69, 9.17) is 9.59 Å². The maximum Gasteiger partial charge on any atom is 0.349 e. The molecule has 0 saturated carbocycles. The summed E-state index contributed by atoms with van der Waals surface area (Å²) < 4.78 is 0. The minimum atomic E-state index is -3.02. The minimum absolute atomic E-state index is 0.00347. The number of carbonyl (C=O) groups is 1. The highest BCUT2D eigenvalue weighted by Gasteiger charge is 2.19. The van der Waals surface area contributed by atoms with E-state index in [1.807, 2.05) is 0 Å². The molecule has 1 amide bonds. The van der Waals surface area contributed by atoms with Gasteiger partial charge in [-0.25, -0.2) is 0 Å². The molecule has 0 aliphatic heterocycles. The number of amides is 1. The molecule has 0 saturated heterocycles. The molecular formula is C3H9NO3Si. The molecule has 0 bridgehead atoms. The van der Waals surface area contributed by atoms with Crippen LogP contribution >= 0.6 is 0 Å². The van der Waals surface area contributed by atoms with Crippen LogP contribution in [0.5, 0.6) is 0 Å². The van der Waals surface area contributed by atoms with E-state index in [0.717, 1.165) is 0 Å². The van der Waals surface area contributed by atoms with Crippen molar-refractivity contribution in [3.8, 4) is 0 Å². The van der Waals surface area contributed by atoms with Gasteiger partial charge in [0.25, 0.3) is 0 Å². The van der Waals surface area contributed by atoms with Gasteiger partial charge in [-0.3, -0.25) is 4.79 Å². The lowest BCUT2D eigenvalue weighted by Crippen LogP contribution is -2.42. The number of hydrogen-bond donors (Lipinski definition) is 3. The van der Waals surface area contributed by atoms with Crippen LogP contribution < -0.4 is 5.32 Å². The first-order chi connectivity index (χ1) is 3.56. The van der Waals surface area contributed by atoms with Gasteiger partial charge in [0.05, 0.1) is 6.17 Å². The Hall–Kier alpha value is -0.393. The molecule has 0 atom stereocenters. The van der Waals surface area contributed by atoms with Gasteiger partial charge in [-0.1, -0.05) is 0 Å². The zero-order chi connectivity index (χ0) is 6.62. The highest BCUT2D eigenvalue weighted by Crippen LogP contribution is 1.83. The van der Waals surface area contributed by atoms with Gasteiger partial charge in [0, 0.05) is 0 Å². The SMILES string of the molecule is C[Si](O)(O)CNC=O. The molecule has 0 aliphatic rings. The lowest BCUT2D eigenvalue weighted by Gasteiger charge is -2.08. The molecule has 0 aromatic carbocycles. The van der Waals surface area contributed by atoms with Crippen LogP contribution in [0.2, 0.25) is 6.55 Å². The van der Waals surface area contributed by atoms with E-state index in [9.17, 15) is 4.79 Å². The predicted octanol–water partition coefficient (Wildman–Crippen LogP) is -1.67. The van der Waals surface area contributed by atoms with E-state index in [1.54, 1.807) is 0 Å². The summed E-state index contributed by atoms with van der Waals surface area (Å²) in [5.41, 5.74) is 0. The van der Waals surface area contributed by atoms with Crippen molar-refractivity contribution in [3.05, 3.63) is 0 Å². The van der Waals surface area contributed by atoms with Crippen LogP contribution in [0.4, 0.5) is 0 Å². The summed E-state index contributed by atoms with van der Waals surface area (Å²) in [4.78, 5) is 26.8. The Morgan fingerprint density at radius 1 is 1.75 bits per heavy atom. The fraction of sp³-hybridized carbons (Fsp3) is 0.667. The van der Waals surface area contributed by atoms with E-state index in [2.05, 4.69) is 5.32 Å². The Labute approximate surface area is 48.4 Å². The molecule has 0 spiro atoms. The number of carbonyl (C=O) groups excluding carboxylic acids is 1. The summed E-state index contributed by atoms with van der Waals surface area (Å²) in [6.07, 6.45) is 0.439. The van der Waals surface area contributed by atoms with Crippen molar-refractivity contribution in [1.29, 1.82) is 0 Å². The van der Waals surface area contributed by atoms with Crippen molar-refractivity contribution >= 4 is 15.0 Å². The number of hydrogen-bond acceptors (Lipinski definition) is 3. The van der Waals surface area contributed by atoms with E-state index < -0.39 is 8.56 Å². The van der Waals surface area contributed by atoms with Gasteiger partial charge >= 0.3 is 8.56 Å². The van der Waals surface area contributed by atoms with Crippen LogP contribution in [0.15, 0.2) is 0 Å². The van der Waals surface area contributed by atoms with Crippen LogP contribution in [0.1, 0.15) is 0 Å². The second-order valence-electron chi connectivity index (χ2n) is 1.72. The number of rotatable bonds is 3. The summed E-state index contributed by atoms with van der Waals surface area (Å²) in [7, 11) is -3.02. The molecule has 0 heterocycles. The molecule has 0 rings (SSSR count). The van der Waals surface area contributed by atoms with E-state index in [1.165, 1.54) is 6.55 Å². The second kappa shape index (κ2) is 2.80. The Balaban J connectivity index is 3.24. The third-order valence-electron chi connectivity index (χ3n) is 0.520. The lowest BCUT2D eigenvalue weighted by atomic mass is 11.2. The van der Waals surface area contributed by atoms with Crippen LogP contribution in [0, 0.1) is 0 Å². The quantitative estimate of drug-likeness (QED) is 0.320. The maximum atomic E-state index is 9.54. The standard InChI is InChI=1S/C3H9NO3Si/c1-8(6,7)3-4-2-5/h2,6-7H,3H2,1H3,(H,4,5). The average molecular weight is 135 g/mol. The first kappa shape index (κ1) is 7.61. The summed E-state index contributed by atoms with van der Waals surface area (Å²) in [5, 5.41) is 2.17. The third kappa shape index (κ3) is 5.61. The topological polar surface area (TPSA) is 69.6 Å². The summed E-state index contributed by atoms with van der Waals surface area (Å²) in [6, 6.07) is 0. The molecule has 3 N–H and O–H groups in total. The van der Waals surface area contributed by atoms with Gasteiger partial charge in [-0.2, -0.15) is 0 Å². The van der Waals surface area contributed by atoms with E-state index in [-0.39, 0.29) is 6.17 Å². The van der Waals surface area contributed by atoms with Crippen molar-refractivity contribution in [2.24, 2.45) is 0 Å². The van der Waals surface area contributed by atoms with Gasteiger partial charge in [-0.05, 0) is 6.55 Å². The van der Waals surface area contributed by atoms with E-state index >= 15 is 0 Å². The monoisotopic (exact) mass is 135 g/mol. The molecule has 8 heavy (non-hydrogen) atoms. The Bertz CT molecular complexity index is 79.1. The molecule has 0 radical (unpaired) electrons. The molecular weight excluding hydrogens is 126 g/mol. The maximum absolute atomic E-state index is 9.54. The van der Waals surface area contributed by atoms with Gasteiger partial charge in [0.1, 0.15) is 0 Å². The van der Waals surface area contributed by atoms with Gasteiger partial charge in [0.2, 0.25) is 6.41 Å². The average Bonchev–Trinajstić information content (AvgIpc) is 1.59. The van der Waals surface area contributed by atoms with Crippen molar-refractivity contribution in [2.45, 2.75) is 6.55 Å². The van der Waals surface area contributed by atoms with E-state index in [0.29, 0.717) is 6.41 Å². The first-order valence-electron chi connectivity index (χ1n) is 2.18. The first-order valence-corrected chi connectivity index (χ1v) is 4.78. The van der Waals surface area contributed by atoms with Gasteiger partial charge in [-0.15, -0.1) is 0 Å². The molecule has 0 aromatic heterocycles. The summed E-state index contributed by atoms with van der Waals surface area (Å²) in [6.45, 7) is 1.32. The molecule has 5 heteroatoms. The molecule has 0 aliphatic carbocycles.